The van der Waals surface area contributed by atoms with Crippen molar-refractivity contribution in [2.24, 2.45) is 29.1 Å². The van der Waals surface area contributed by atoms with Crippen molar-refractivity contribution >= 4 is 0 Å². The molecule has 3 aliphatic rings. The van der Waals surface area contributed by atoms with E-state index in [2.05, 4.69) is 26.2 Å². The lowest BCUT2D eigenvalue weighted by molar-refractivity contribution is 0.324. The van der Waals surface area contributed by atoms with Gasteiger partial charge in [0.2, 0.25) is 0 Å². The van der Waals surface area contributed by atoms with Gasteiger partial charge >= 0.3 is 0 Å². The van der Waals surface area contributed by atoms with Gasteiger partial charge in [-0.3, -0.25) is 0 Å². The predicted molar refractivity (Wildman–Crippen MR) is 59.9 cm³/mol. The first-order valence-electron chi connectivity index (χ1n) is 6.07. The van der Waals surface area contributed by atoms with Crippen LogP contribution in [-0.4, -0.2) is 0 Å². The van der Waals surface area contributed by atoms with E-state index in [0.29, 0.717) is 0 Å². The molecule has 0 aromatic heterocycles. The van der Waals surface area contributed by atoms with Crippen LogP contribution in [0.1, 0.15) is 32.6 Å². The van der Waals surface area contributed by atoms with Crippen molar-refractivity contribution < 1.29 is 0 Å². The molecule has 3 fully saturated rings. The third-order valence-corrected chi connectivity index (χ3v) is 5.15. The molecule has 0 N–H and O–H groups in total. The van der Waals surface area contributed by atoms with E-state index in [0.717, 1.165) is 29.1 Å². The fraction of sp³-hybridized carbons (Fsp3) is 0.714. The molecular weight excluding hydrogens is 168 g/mol. The molecule has 14 heavy (non-hydrogen) atoms. The standard InChI is InChI=1S/C14H20/c1-4-6-7-10-8-9(3)12-13-11(5-2)14(10,12)13/h4,10-13H,1,3,5-8H2,2H3. The summed E-state index contributed by atoms with van der Waals surface area (Å²) in [6.07, 6.45) is 7.37. The van der Waals surface area contributed by atoms with Crippen LogP contribution in [0.5, 0.6) is 0 Å². The van der Waals surface area contributed by atoms with Crippen LogP contribution in [0.3, 0.4) is 0 Å². The summed E-state index contributed by atoms with van der Waals surface area (Å²) < 4.78 is 0. The normalized spacial score (nSPS) is 52.5. The van der Waals surface area contributed by atoms with E-state index in [1.165, 1.54) is 25.7 Å². The fourth-order valence-corrected chi connectivity index (χ4v) is 4.67. The molecule has 0 heteroatoms. The number of hydrogen-bond donors (Lipinski definition) is 0. The first-order valence-corrected chi connectivity index (χ1v) is 6.07. The molecule has 3 rings (SSSR count). The highest BCUT2D eigenvalue weighted by atomic mass is 14.9. The zero-order valence-corrected chi connectivity index (χ0v) is 9.13. The van der Waals surface area contributed by atoms with Crippen molar-refractivity contribution in [2.75, 3.05) is 0 Å². The van der Waals surface area contributed by atoms with Crippen molar-refractivity contribution in [3.8, 4) is 0 Å². The molecule has 0 aromatic rings. The van der Waals surface area contributed by atoms with Crippen molar-refractivity contribution in [1.82, 2.24) is 0 Å². The van der Waals surface area contributed by atoms with Gasteiger partial charge in [-0.05, 0) is 48.3 Å². The Labute approximate surface area is 87.1 Å². The van der Waals surface area contributed by atoms with Crippen LogP contribution in [0.25, 0.3) is 0 Å². The summed E-state index contributed by atoms with van der Waals surface area (Å²) in [6.45, 7) is 10.4. The highest BCUT2D eigenvalue weighted by molar-refractivity contribution is 5.45. The van der Waals surface area contributed by atoms with E-state index in [1.54, 1.807) is 5.57 Å². The lowest BCUT2D eigenvalue weighted by atomic mass is 9.88. The number of fused-ring (bicyclic) bond motifs is 1. The zero-order valence-electron chi connectivity index (χ0n) is 9.13. The van der Waals surface area contributed by atoms with Crippen LogP contribution in [0.15, 0.2) is 24.8 Å². The Hall–Kier alpha value is -0.520. The highest BCUT2D eigenvalue weighted by Gasteiger charge is 2.89. The summed E-state index contributed by atoms with van der Waals surface area (Å²) in [6, 6.07) is 0. The molecule has 5 atom stereocenters. The average molecular weight is 188 g/mol. The van der Waals surface area contributed by atoms with Gasteiger partial charge in [-0.2, -0.15) is 0 Å². The summed E-state index contributed by atoms with van der Waals surface area (Å²) in [5, 5.41) is 0. The molecule has 0 radical (unpaired) electrons. The minimum absolute atomic E-state index is 0.787. The van der Waals surface area contributed by atoms with Gasteiger partial charge in [0.25, 0.3) is 0 Å². The molecule has 3 aliphatic carbocycles. The van der Waals surface area contributed by atoms with E-state index in [9.17, 15) is 0 Å². The second kappa shape index (κ2) is 2.53. The number of hydrogen-bond acceptors (Lipinski definition) is 0. The lowest BCUT2D eigenvalue weighted by Crippen LogP contribution is -2.10. The van der Waals surface area contributed by atoms with Gasteiger partial charge in [-0.15, -0.1) is 6.58 Å². The molecule has 0 nitrogen and oxygen atoms in total. The maximum Gasteiger partial charge on any atom is -0.0104 e. The largest absolute Gasteiger partial charge is 0.103 e. The third kappa shape index (κ3) is 0.733. The molecule has 0 heterocycles. The van der Waals surface area contributed by atoms with Crippen LogP contribution in [0, 0.1) is 29.1 Å². The van der Waals surface area contributed by atoms with E-state index in [4.69, 9.17) is 0 Å². The van der Waals surface area contributed by atoms with Crippen molar-refractivity contribution in [1.29, 1.82) is 0 Å². The quantitative estimate of drug-likeness (QED) is 0.589. The van der Waals surface area contributed by atoms with E-state index in [-0.39, 0.29) is 0 Å². The van der Waals surface area contributed by atoms with Gasteiger partial charge in [0.15, 0.2) is 0 Å². The Balaban J connectivity index is 1.74. The molecule has 0 saturated heterocycles. The number of allylic oxidation sites excluding steroid dienone is 2. The maximum absolute atomic E-state index is 4.25. The second-order valence-electron chi connectivity index (χ2n) is 5.44. The summed E-state index contributed by atoms with van der Waals surface area (Å²) >= 11 is 0. The molecule has 0 amide bonds. The molecule has 0 aromatic carbocycles. The van der Waals surface area contributed by atoms with Crippen LogP contribution >= 0.6 is 0 Å². The maximum atomic E-state index is 4.25. The van der Waals surface area contributed by atoms with Gasteiger partial charge in [-0.1, -0.05) is 31.6 Å². The van der Waals surface area contributed by atoms with Crippen molar-refractivity contribution in [3.63, 3.8) is 0 Å². The van der Waals surface area contributed by atoms with Gasteiger partial charge < -0.3 is 0 Å². The Morgan fingerprint density at radius 3 is 3.00 bits per heavy atom. The molecular formula is C14H20. The van der Waals surface area contributed by atoms with Crippen molar-refractivity contribution in [3.05, 3.63) is 24.8 Å². The van der Waals surface area contributed by atoms with Gasteiger partial charge in [0.05, 0.1) is 0 Å². The Bertz CT molecular complexity index is 301. The molecule has 5 unspecified atom stereocenters. The van der Waals surface area contributed by atoms with Crippen LogP contribution in [-0.2, 0) is 0 Å². The molecule has 3 saturated carbocycles. The van der Waals surface area contributed by atoms with E-state index < -0.39 is 0 Å². The summed E-state index contributed by atoms with van der Waals surface area (Å²) in [5.74, 6) is 4.07. The first-order chi connectivity index (χ1) is 6.78. The minimum atomic E-state index is 0.787. The minimum Gasteiger partial charge on any atom is -0.103 e. The SMILES string of the molecule is C=CCCC1CC(=C)C2C3C(CC)C123. The molecule has 0 aliphatic heterocycles. The molecule has 0 bridgehead atoms. The molecule has 76 valence electrons. The van der Waals surface area contributed by atoms with Crippen LogP contribution in [0.2, 0.25) is 0 Å². The average Bonchev–Trinajstić information content (AvgIpc) is 2.97. The lowest BCUT2D eigenvalue weighted by Gasteiger charge is -2.16. The van der Waals surface area contributed by atoms with Gasteiger partial charge in [0.1, 0.15) is 0 Å². The number of rotatable bonds is 4. The summed E-state index contributed by atoms with van der Waals surface area (Å²) in [7, 11) is 0. The van der Waals surface area contributed by atoms with Crippen molar-refractivity contribution in [2.45, 2.75) is 32.6 Å². The Kier molecular flexibility index (Phi) is 1.59. The summed E-state index contributed by atoms with van der Waals surface area (Å²) in [5.41, 5.74) is 2.36. The van der Waals surface area contributed by atoms with E-state index in [1.807, 2.05) is 0 Å². The highest BCUT2D eigenvalue weighted by Crippen LogP contribution is 2.93. The third-order valence-electron chi connectivity index (χ3n) is 5.15. The van der Waals surface area contributed by atoms with Gasteiger partial charge in [0, 0.05) is 0 Å². The Morgan fingerprint density at radius 1 is 1.57 bits per heavy atom. The summed E-state index contributed by atoms with van der Waals surface area (Å²) in [4.78, 5) is 0. The monoisotopic (exact) mass is 188 g/mol. The molecule has 1 spiro atoms. The van der Waals surface area contributed by atoms with Crippen LogP contribution in [0.4, 0.5) is 0 Å². The predicted octanol–water partition coefficient (Wildman–Crippen LogP) is 3.80. The van der Waals surface area contributed by atoms with E-state index >= 15 is 0 Å². The van der Waals surface area contributed by atoms with Crippen LogP contribution < -0.4 is 0 Å². The Morgan fingerprint density at radius 2 is 2.36 bits per heavy atom. The fourth-order valence-electron chi connectivity index (χ4n) is 4.67. The first kappa shape index (κ1) is 8.76. The van der Waals surface area contributed by atoms with Gasteiger partial charge in [-0.25, -0.2) is 0 Å². The smallest absolute Gasteiger partial charge is 0.0104 e. The second-order valence-corrected chi connectivity index (χ2v) is 5.44. The topological polar surface area (TPSA) is 0 Å². The zero-order chi connectivity index (χ0) is 9.92.